The smallest absolute Gasteiger partial charge is 0.238 e. The van der Waals surface area contributed by atoms with E-state index in [-0.39, 0.29) is 17.1 Å². The van der Waals surface area contributed by atoms with Crippen molar-refractivity contribution in [1.82, 2.24) is 4.90 Å². The Morgan fingerprint density at radius 3 is 2.88 bits per heavy atom. The first-order valence-electron chi connectivity index (χ1n) is 9.08. The Hall–Kier alpha value is -1.49. The molecule has 0 bridgehead atoms. The topological polar surface area (TPSA) is 49.4 Å². The van der Waals surface area contributed by atoms with Gasteiger partial charge in [-0.25, -0.2) is 0 Å². The maximum Gasteiger partial charge on any atom is 0.238 e. The average Bonchev–Trinajstić information content (AvgIpc) is 2.62. The highest BCUT2D eigenvalue weighted by molar-refractivity contribution is 8.01. The third-order valence-electron chi connectivity index (χ3n) is 5.63. The van der Waals surface area contributed by atoms with E-state index in [1.807, 2.05) is 24.3 Å². The normalized spacial score (nSPS) is 29.4. The average molecular weight is 344 g/mol. The molecule has 1 aromatic rings. The Bertz CT molecular complexity index is 646. The maximum absolute atomic E-state index is 12.9. The Morgan fingerprint density at radius 2 is 1.96 bits per heavy atom. The largest absolute Gasteiger partial charge is 0.339 e. The Kier molecular flexibility index (Phi) is 4.53. The first-order valence-corrected chi connectivity index (χ1v) is 9.96. The number of carbonyl (C=O) groups excluding carboxylic acids is 2. The molecule has 0 radical (unpaired) electrons. The van der Waals surface area contributed by atoms with E-state index in [0.717, 1.165) is 30.0 Å². The van der Waals surface area contributed by atoms with Gasteiger partial charge in [0.05, 0.1) is 10.9 Å². The molecule has 3 unspecified atom stereocenters. The molecule has 24 heavy (non-hydrogen) atoms. The standard InChI is InChI=1S/C19H24N2O2S/c22-18(21-11-5-7-13-6-1-3-9-15(13)21)12-17-19(23)20-14-8-2-4-10-16(14)24-17/h2,4,8,10,13,15,17H,1,3,5-7,9,11-12H2,(H,20,23). The quantitative estimate of drug-likeness (QED) is 0.890. The Balaban J connectivity index is 1.45. The van der Waals surface area contributed by atoms with E-state index in [1.165, 1.54) is 37.4 Å². The summed E-state index contributed by atoms with van der Waals surface area (Å²) in [6, 6.07) is 8.23. The third kappa shape index (κ3) is 3.06. The predicted molar refractivity (Wildman–Crippen MR) is 96.0 cm³/mol. The van der Waals surface area contributed by atoms with Gasteiger partial charge in [0.25, 0.3) is 0 Å². The van der Waals surface area contributed by atoms with Crippen LogP contribution in [0.2, 0.25) is 0 Å². The molecule has 0 spiro atoms. The van der Waals surface area contributed by atoms with Crippen molar-refractivity contribution < 1.29 is 9.59 Å². The van der Waals surface area contributed by atoms with Crippen molar-refractivity contribution >= 4 is 29.3 Å². The Labute approximate surface area is 147 Å². The number of carbonyl (C=O) groups is 2. The molecule has 2 fully saturated rings. The molecule has 0 aromatic heterocycles. The van der Waals surface area contributed by atoms with Gasteiger partial charge in [0.2, 0.25) is 11.8 Å². The number of para-hydroxylation sites is 1. The summed E-state index contributed by atoms with van der Waals surface area (Å²) in [7, 11) is 0. The number of benzene rings is 1. The highest BCUT2D eigenvalue weighted by Crippen LogP contribution is 2.39. The van der Waals surface area contributed by atoms with Crippen LogP contribution in [0.25, 0.3) is 0 Å². The van der Waals surface area contributed by atoms with E-state index in [9.17, 15) is 9.59 Å². The van der Waals surface area contributed by atoms with Crippen LogP contribution in [0.3, 0.4) is 0 Å². The number of anilines is 1. The number of thioether (sulfide) groups is 1. The van der Waals surface area contributed by atoms with E-state index in [4.69, 9.17) is 0 Å². The molecule has 1 aromatic carbocycles. The second-order valence-electron chi connectivity index (χ2n) is 7.14. The number of nitrogens with zero attached hydrogens (tertiary/aromatic N) is 1. The van der Waals surface area contributed by atoms with Crippen molar-refractivity contribution in [3.05, 3.63) is 24.3 Å². The lowest BCUT2D eigenvalue weighted by Crippen LogP contribution is -2.50. The van der Waals surface area contributed by atoms with E-state index >= 15 is 0 Å². The minimum absolute atomic E-state index is 0.0377. The van der Waals surface area contributed by atoms with Crippen molar-refractivity contribution in [2.24, 2.45) is 5.92 Å². The van der Waals surface area contributed by atoms with Crippen LogP contribution in [0.5, 0.6) is 0 Å². The highest BCUT2D eigenvalue weighted by Gasteiger charge is 2.37. The maximum atomic E-state index is 12.9. The summed E-state index contributed by atoms with van der Waals surface area (Å²) in [5.74, 6) is 0.813. The molecule has 3 atom stereocenters. The van der Waals surface area contributed by atoms with Crippen molar-refractivity contribution in [3.63, 3.8) is 0 Å². The molecule has 4 nitrogen and oxygen atoms in total. The first-order chi connectivity index (χ1) is 11.7. The van der Waals surface area contributed by atoms with Gasteiger partial charge in [-0.05, 0) is 43.7 Å². The van der Waals surface area contributed by atoms with Crippen molar-refractivity contribution in [2.75, 3.05) is 11.9 Å². The summed E-state index contributed by atoms with van der Waals surface area (Å²) in [5, 5.41) is 2.64. The van der Waals surface area contributed by atoms with E-state index < -0.39 is 0 Å². The summed E-state index contributed by atoms with van der Waals surface area (Å²) >= 11 is 1.53. The second-order valence-corrected chi connectivity index (χ2v) is 8.38. The molecular weight excluding hydrogens is 320 g/mol. The van der Waals surface area contributed by atoms with Gasteiger partial charge in [-0.3, -0.25) is 9.59 Å². The molecule has 5 heteroatoms. The zero-order valence-corrected chi connectivity index (χ0v) is 14.7. The molecular formula is C19H24N2O2S. The number of rotatable bonds is 2. The lowest BCUT2D eigenvalue weighted by Gasteiger charge is -2.44. The molecule has 4 rings (SSSR count). The summed E-state index contributed by atoms with van der Waals surface area (Å²) in [4.78, 5) is 28.4. The lowest BCUT2D eigenvalue weighted by atomic mass is 9.78. The SMILES string of the molecule is O=C1Nc2ccccc2SC1CC(=O)N1CCCC2CCCCC21. The highest BCUT2D eigenvalue weighted by atomic mass is 32.2. The zero-order chi connectivity index (χ0) is 16.5. The molecule has 2 heterocycles. The number of hydrogen-bond donors (Lipinski definition) is 1. The molecule has 128 valence electrons. The molecule has 2 aliphatic heterocycles. The fourth-order valence-corrected chi connectivity index (χ4v) is 5.54. The van der Waals surface area contributed by atoms with Gasteiger partial charge in [0, 0.05) is 23.9 Å². The third-order valence-corrected chi connectivity index (χ3v) is 6.91. The van der Waals surface area contributed by atoms with Crippen LogP contribution < -0.4 is 5.32 Å². The van der Waals surface area contributed by atoms with Gasteiger partial charge in [0.1, 0.15) is 0 Å². The van der Waals surface area contributed by atoms with Crippen molar-refractivity contribution in [2.45, 2.75) is 61.1 Å². The minimum Gasteiger partial charge on any atom is -0.339 e. The molecule has 1 saturated carbocycles. The summed E-state index contributed by atoms with van der Waals surface area (Å²) in [6.45, 7) is 0.871. The number of amides is 2. The molecule has 1 saturated heterocycles. The number of hydrogen-bond acceptors (Lipinski definition) is 3. The van der Waals surface area contributed by atoms with Crippen molar-refractivity contribution in [3.8, 4) is 0 Å². The lowest BCUT2D eigenvalue weighted by molar-refractivity contribution is -0.138. The second kappa shape index (κ2) is 6.79. The van der Waals surface area contributed by atoms with Crippen LogP contribution in [0.15, 0.2) is 29.2 Å². The van der Waals surface area contributed by atoms with Crippen LogP contribution >= 0.6 is 11.8 Å². The van der Waals surface area contributed by atoms with Gasteiger partial charge in [-0.15, -0.1) is 11.8 Å². The van der Waals surface area contributed by atoms with Crippen LogP contribution in [-0.2, 0) is 9.59 Å². The molecule has 2 amide bonds. The number of piperidine rings is 1. The van der Waals surface area contributed by atoms with Crippen LogP contribution in [0, 0.1) is 5.92 Å². The predicted octanol–water partition coefficient (Wildman–Crippen LogP) is 3.67. The van der Waals surface area contributed by atoms with Gasteiger partial charge in [-0.1, -0.05) is 25.0 Å². The van der Waals surface area contributed by atoms with Gasteiger partial charge >= 0.3 is 0 Å². The van der Waals surface area contributed by atoms with Gasteiger partial charge in [-0.2, -0.15) is 0 Å². The number of fused-ring (bicyclic) bond motifs is 2. The van der Waals surface area contributed by atoms with Gasteiger partial charge in [0.15, 0.2) is 0 Å². The van der Waals surface area contributed by atoms with Crippen LogP contribution in [0.1, 0.15) is 44.9 Å². The zero-order valence-electron chi connectivity index (χ0n) is 13.9. The van der Waals surface area contributed by atoms with Crippen LogP contribution in [0.4, 0.5) is 5.69 Å². The summed E-state index contributed by atoms with van der Waals surface area (Å²) in [6.07, 6.45) is 7.63. The molecule has 3 aliphatic rings. The minimum atomic E-state index is -0.309. The number of likely N-dealkylation sites (tertiary alicyclic amines) is 1. The van der Waals surface area contributed by atoms with E-state index in [0.29, 0.717) is 18.4 Å². The van der Waals surface area contributed by atoms with E-state index in [1.54, 1.807) is 0 Å². The fraction of sp³-hybridized carbons (Fsp3) is 0.579. The molecule has 1 aliphatic carbocycles. The summed E-state index contributed by atoms with van der Waals surface area (Å²) in [5.41, 5.74) is 0.863. The summed E-state index contributed by atoms with van der Waals surface area (Å²) < 4.78 is 0. The molecule has 1 N–H and O–H groups in total. The van der Waals surface area contributed by atoms with Gasteiger partial charge < -0.3 is 10.2 Å². The van der Waals surface area contributed by atoms with Crippen molar-refractivity contribution in [1.29, 1.82) is 0 Å². The van der Waals surface area contributed by atoms with Crippen LogP contribution in [-0.4, -0.2) is 34.6 Å². The van der Waals surface area contributed by atoms with E-state index in [2.05, 4.69) is 10.2 Å². The fourth-order valence-electron chi connectivity index (χ4n) is 4.44. The number of nitrogens with one attached hydrogen (secondary N) is 1. The first kappa shape index (κ1) is 16.0. The Morgan fingerprint density at radius 1 is 1.17 bits per heavy atom. The monoisotopic (exact) mass is 344 g/mol.